The lowest BCUT2D eigenvalue weighted by molar-refractivity contribution is -0.205. The third-order valence-electron chi connectivity index (χ3n) is 9.00. The number of aliphatic hydroxyl groups is 3. The van der Waals surface area contributed by atoms with Crippen LogP contribution < -0.4 is 10.6 Å². The first-order chi connectivity index (χ1) is 18.8. The first kappa shape index (κ1) is 29.1. The number of aliphatic hydroxyl groups excluding tert-OH is 3. The van der Waals surface area contributed by atoms with E-state index in [4.69, 9.17) is 16.3 Å². The number of hydrogen-bond acceptors (Lipinski definition) is 7. The van der Waals surface area contributed by atoms with E-state index in [9.17, 15) is 20.1 Å². The van der Waals surface area contributed by atoms with Crippen LogP contribution in [-0.2, 0) is 9.53 Å². The molecular weight excluding hydrogens is 536 g/mol. The fraction of sp³-hybridized carbons (Fsp3) is 0.633. The van der Waals surface area contributed by atoms with E-state index < -0.39 is 47.3 Å². The van der Waals surface area contributed by atoms with E-state index in [0.717, 1.165) is 18.3 Å². The first-order valence-corrected chi connectivity index (χ1v) is 15.8. The van der Waals surface area contributed by atoms with Crippen LogP contribution in [0, 0.1) is 17.8 Å². The van der Waals surface area contributed by atoms with E-state index in [-0.39, 0.29) is 5.91 Å². The molecule has 12 atom stereocenters. The number of nitrogens with one attached hydrogen (secondary N) is 2. The topological polar surface area (TPSA) is 111 Å². The van der Waals surface area contributed by atoms with Crippen molar-refractivity contribution < 1.29 is 24.9 Å². The molecule has 2 aliphatic carbocycles. The predicted molar refractivity (Wildman–Crippen MR) is 155 cm³/mol. The smallest absolute Gasteiger partial charge is 0.237 e. The van der Waals surface area contributed by atoms with Gasteiger partial charge in [-0.3, -0.25) is 4.79 Å². The number of ether oxygens (including phenoxy) is 1. The maximum absolute atomic E-state index is 13.3. The van der Waals surface area contributed by atoms with E-state index in [1.165, 1.54) is 35.7 Å². The van der Waals surface area contributed by atoms with Gasteiger partial charge in [-0.25, -0.2) is 0 Å². The van der Waals surface area contributed by atoms with Crippen LogP contribution in [0.5, 0.6) is 0 Å². The maximum Gasteiger partial charge on any atom is 0.237 e. The molecule has 1 amide bonds. The van der Waals surface area contributed by atoms with Gasteiger partial charge >= 0.3 is 0 Å². The summed E-state index contributed by atoms with van der Waals surface area (Å²) in [5.74, 6) is 2.67. The molecule has 2 aliphatic heterocycles. The second-order valence-corrected chi connectivity index (χ2v) is 13.1. The van der Waals surface area contributed by atoms with Crippen molar-refractivity contribution in [1.29, 1.82) is 0 Å². The molecule has 5 rings (SSSR count). The highest BCUT2D eigenvalue weighted by Crippen LogP contribution is 2.62. The molecule has 7 nitrogen and oxygen atoms in total. The van der Waals surface area contributed by atoms with Crippen molar-refractivity contribution in [2.45, 2.75) is 85.8 Å². The minimum atomic E-state index is -1.39. The summed E-state index contributed by atoms with van der Waals surface area (Å²) in [6.45, 7) is 2.40. The molecule has 1 aromatic carbocycles. The lowest BCUT2D eigenvalue weighted by atomic mass is 9.91. The number of rotatable bonds is 8. The molecule has 1 aromatic rings. The van der Waals surface area contributed by atoms with E-state index in [2.05, 4.69) is 59.2 Å². The predicted octanol–water partition coefficient (Wildman–Crippen LogP) is 2.94. The molecule has 0 bridgehead atoms. The number of alkyl halides is 1. The van der Waals surface area contributed by atoms with Crippen molar-refractivity contribution in [2.24, 2.45) is 17.8 Å². The second-order valence-electron chi connectivity index (χ2n) is 11.5. The van der Waals surface area contributed by atoms with Crippen LogP contribution in [-0.4, -0.2) is 81.3 Å². The quantitative estimate of drug-likeness (QED) is 0.303. The largest absolute Gasteiger partial charge is 0.388 e. The summed E-state index contributed by atoms with van der Waals surface area (Å²) in [6, 6.07) is 9.70. The molecule has 2 saturated carbocycles. The molecular formula is C30H41ClN2O5S. The van der Waals surface area contributed by atoms with Crippen molar-refractivity contribution in [2.75, 3.05) is 12.8 Å². The van der Waals surface area contributed by atoms with Crippen LogP contribution in [0.2, 0.25) is 0 Å². The van der Waals surface area contributed by atoms with E-state index >= 15 is 0 Å². The van der Waals surface area contributed by atoms with Crippen LogP contribution in [0.15, 0.2) is 54.1 Å². The normalized spacial score (nSPS) is 39.9. The number of hydrogen-bond donors (Lipinski definition) is 5. The Morgan fingerprint density at radius 1 is 1.15 bits per heavy atom. The van der Waals surface area contributed by atoms with Gasteiger partial charge in [-0.2, -0.15) is 0 Å². The Morgan fingerprint density at radius 3 is 2.64 bits per heavy atom. The van der Waals surface area contributed by atoms with Gasteiger partial charge in [0.25, 0.3) is 0 Å². The average Bonchev–Trinajstić information content (AvgIpc) is 3.70. The van der Waals surface area contributed by atoms with E-state index in [1.807, 2.05) is 0 Å². The zero-order chi connectivity index (χ0) is 27.7. The number of benzene rings is 1. The highest BCUT2D eigenvalue weighted by molar-refractivity contribution is 7.99. The highest BCUT2D eigenvalue weighted by Gasteiger charge is 2.53. The molecule has 3 fully saturated rings. The van der Waals surface area contributed by atoms with Gasteiger partial charge in [0.1, 0.15) is 29.9 Å². The summed E-state index contributed by atoms with van der Waals surface area (Å²) in [7, 11) is 0. The minimum absolute atomic E-state index is 0.228. The minimum Gasteiger partial charge on any atom is -0.388 e. The molecule has 0 radical (unpaired) electrons. The van der Waals surface area contributed by atoms with Gasteiger partial charge in [0.2, 0.25) is 5.91 Å². The van der Waals surface area contributed by atoms with E-state index in [0.29, 0.717) is 24.8 Å². The number of fused-ring (bicyclic) bond motifs is 1. The van der Waals surface area contributed by atoms with Crippen LogP contribution >= 0.6 is 23.4 Å². The van der Waals surface area contributed by atoms with Gasteiger partial charge < -0.3 is 30.7 Å². The van der Waals surface area contributed by atoms with E-state index in [1.54, 1.807) is 13.2 Å². The summed E-state index contributed by atoms with van der Waals surface area (Å²) >= 11 is 7.66. The fourth-order valence-corrected chi connectivity index (χ4v) is 7.56. The van der Waals surface area contributed by atoms with Crippen molar-refractivity contribution in [1.82, 2.24) is 10.6 Å². The molecule has 0 spiro atoms. The monoisotopic (exact) mass is 576 g/mol. The molecule has 214 valence electrons. The van der Waals surface area contributed by atoms with Gasteiger partial charge in [0.15, 0.2) is 0 Å². The van der Waals surface area contributed by atoms with Crippen molar-refractivity contribution in [3.8, 4) is 0 Å². The Labute approximate surface area is 240 Å². The lowest BCUT2D eigenvalue weighted by Crippen LogP contribution is -2.65. The summed E-state index contributed by atoms with van der Waals surface area (Å²) in [5.41, 5.74) is 1.98. The summed E-state index contributed by atoms with van der Waals surface area (Å²) in [5, 5.41) is 36.9. The summed E-state index contributed by atoms with van der Waals surface area (Å²) < 4.78 is 5.87. The SMILES string of the molecule is CSC1O[C@H]([C@H](NC(=O)[C@@H]2CC=C(/C=C/C3CC(c4ccccc4)C4C[C@@H]34)CCN2)[C@H](C)Cl)C(O)C(O)[C@H]1O. The number of amides is 1. The molecule has 4 aliphatic rings. The standard InChI is InChI=1S/C30H41ClN2O5S/c1-16(31)24(28-26(35)25(34)27(36)30(38-28)39-2)33-29(37)23-11-9-17(12-13-32-23)8-10-19-14-20(22-15-21(19)22)18-6-4-3-5-7-18/h3-10,16,19-28,30,32,34-36H,11-15H2,1-2H3,(H,33,37)/b10-8+/t16-,19?,20?,21-,22?,23-,24+,25?,26?,27+,28+,30?/m0/s1. The third kappa shape index (κ3) is 6.43. The van der Waals surface area contributed by atoms with Crippen LogP contribution in [0.25, 0.3) is 0 Å². The van der Waals surface area contributed by atoms with Crippen molar-refractivity contribution in [3.63, 3.8) is 0 Å². The molecule has 2 heterocycles. The number of carbonyl (C=O) groups excluding carboxylic acids is 1. The number of carbonyl (C=O) groups is 1. The second kappa shape index (κ2) is 12.6. The molecule has 39 heavy (non-hydrogen) atoms. The number of thioether (sulfide) groups is 1. The molecule has 1 saturated heterocycles. The Morgan fingerprint density at radius 2 is 1.92 bits per heavy atom. The van der Waals surface area contributed by atoms with Gasteiger partial charge in [0.05, 0.1) is 17.5 Å². The zero-order valence-electron chi connectivity index (χ0n) is 22.5. The molecule has 6 unspecified atom stereocenters. The number of halogens is 1. The summed E-state index contributed by atoms with van der Waals surface area (Å²) in [6.07, 6.45) is 7.53. The Hall–Kier alpha value is -1.39. The molecule has 5 N–H and O–H groups in total. The molecule has 0 aromatic heterocycles. The van der Waals surface area contributed by atoms with Gasteiger partial charge in [-0.15, -0.1) is 23.4 Å². The number of allylic oxidation sites excluding steroid dienone is 2. The van der Waals surface area contributed by atoms with Gasteiger partial charge in [0, 0.05) is 0 Å². The van der Waals surface area contributed by atoms with Crippen LogP contribution in [0.1, 0.15) is 44.1 Å². The Bertz CT molecular complexity index is 1050. The maximum atomic E-state index is 13.3. The van der Waals surface area contributed by atoms with Crippen LogP contribution in [0.4, 0.5) is 0 Å². The first-order valence-electron chi connectivity index (χ1n) is 14.1. The van der Waals surface area contributed by atoms with Crippen molar-refractivity contribution in [3.05, 3.63) is 59.7 Å². The summed E-state index contributed by atoms with van der Waals surface area (Å²) in [4.78, 5) is 13.3. The lowest BCUT2D eigenvalue weighted by Gasteiger charge is -2.44. The zero-order valence-corrected chi connectivity index (χ0v) is 24.1. The van der Waals surface area contributed by atoms with Crippen molar-refractivity contribution >= 4 is 29.3 Å². The Kier molecular flexibility index (Phi) is 9.43. The van der Waals surface area contributed by atoms with Gasteiger partial charge in [-0.05, 0) is 74.6 Å². The van der Waals surface area contributed by atoms with Gasteiger partial charge in [-0.1, -0.05) is 54.1 Å². The third-order valence-corrected chi connectivity index (χ3v) is 10.1. The Balaban J connectivity index is 1.18. The average molecular weight is 577 g/mol. The highest BCUT2D eigenvalue weighted by atomic mass is 35.5. The van der Waals surface area contributed by atoms with Crippen LogP contribution in [0.3, 0.4) is 0 Å². The fourth-order valence-electron chi connectivity index (χ4n) is 6.67. The molecule has 9 heteroatoms.